The van der Waals surface area contributed by atoms with Crippen LogP contribution in [0.25, 0.3) is 0 Å². The van der Waals surface area contributed by atoms with E-state index in [0.29, 0.717) is 25.2 Å². The van der Waals surface area contributed by atoms with E-state index in [2.05, 4.69) is 26.7 Å². The van der Waals surface area contributed by atoms with Gasteiger partial charge >= 0.3 is 0 Å². The predicted molar refractivity (Wildman–Crippen MR) is 135 cm³/mol. The van der Waals surface area contributed by atoms with Crippen molar-refractivity contribution in [3.8, 4) is 5.75 Å². The summed E-state index contributed by atoms with van der Waals surface area (Å²) in [5, 5.41) is 15.0. The molecule has 0 fully saturated rings. The fraction of sp³-hybridized carbons (Fsp3) is 0.231. The number of nitrogens with one attached hydrogen (secondary N) is 2. The van der Waals surface area contributed by atoms with Crippen molar-refractivity contribution in [1.82, 2.24) is 15.3 Å². The predicted octanol–water partition coefficient (Wildman–Crippen LogP) is 5.45. The number of aromatic amines is 1. The Labute approximate surface area is 211 Å². The largest absolute Gasteiger partial charge is 0.489 e. The van der Waals surface area contributed by atoms with E-state index in [1.807, 2.05) is 30.3 Å². The van der Waals surface area contributed by atoms with Crippen molar-refractivity contribution in [2.24, 2.45) is 0 Å². The topological polar surface area (TPSA) is 87.2 Å². The zero-order valence-electron chi connectivity index (χ0n) is 19.1. The van der Waals surface area contributed by atoms with Gasteiger partial charge in [-0.15, -0.1) is 11.3 Å². The van der Waals surface area contributed by atoms with Gasteiger partial charge in [0.05, 0.1) is 22.7 Å². The number of aliphatic hydroxyl groups is 1. The third kappa shape index (κ3) is 7.17. The molecule has 0 aliphatic carbocycles. The minimum absolute atomic E-state index is 0.251. The average molecular weight is 512 g/mol. The number of carbonyl (C=O) groups excluding carboxylic acids is 1. The fourth-order valence-electron chi connectivity index (χ4n) is 3.49. The molecule has 35 heavy (non-hydrogen) atoms. The molecule has 2 aromatic carbocycles. The molecule has 0 aliphatic rings. The van der Waals surface area contributed by atoms with E-state index in [0.717, 1.165) is 16.0 Å². The molecule has 4 rings (SSSR count). The first-order valence-electron chi connectivity index (χ1n) is 11.2. The Hall–Kier alpha value is -3.14. The van der Waals surface area contributed by atoms with Gasteiger partial charge in [-0.3, -0.25) is 4.79 Å². The van der Waals surface area contributed by atoms with Crippen LogP contribution in [0.3, 0.4) is 0 Å². The zero-order valence-corrected chi connectivity index (χ0v) is 20.7. The number of hydrogen-bond acceptors (Lipinski definition) is 6. The Morgan fingerprint density at radius 2 is 2.09 bits per heavy atom. The molecular formula is C26H26FN3O3S2. The summed E-state index contributed by atoms with van der Waals surface area (Å²) >= 11 is 3.41. The lowest BCUT2D eigenvalue weighted by Crippen LogP contribution is -2.42. The highest BCUT2D eigenvalue weighted by Gasteiger charge is 2.20. The van der Waals surface area contributed by atoms with Crippen molar-refractivity contribution < 1.29 is 19.0 Å². The summed E-state index contributed by atoms with van der Waals surface area (Å²) in [6, 6.07) is 16.2. The summed E-state index contributed by atoms with van der Waals surface area (Å²) < 4.78 is 21.2. The maximum absolute atomic E-state index is 14.0. The molecule has 0 unspecified atom stereocenters. The lowest BCUT2D eigenvalue weighted by molar-refractivity contribution is 0.0846. The first-order valence-corrected chi connectivity index (χ1v) is 12.9. The van der Waals surface area contributed by atoms with Crippen LogP contribution in [0.5, 0.6) is 5.75 Å². The Balaban J connectivity index is 1.36. The summed E-state index contributed by atoms with van der Waals surface area (Å²) in [5.41, 5.74) is 2.03. The number of thiophene rings is 1. The third-order valence-electron chi connectivity index (χ3n) is 5.41. The number of amides is 1. The van der Waals surface area contributed by atoms with E-state index in [9.17, 15) is 14.3 Å². The second kappa shape index (κ2) is 12.0. The fourth-order valence-corrected chi connectivity index (χ4v) is 5.24. The standard InChI is InChI=1S/C26H26FN3O3S2/c1-17(31)22(30-26(32)23-14-28-16-29-23)11-7-19-6-8-20(27)13-24(19)33-15-18-4-9-21(10-5-18)35-25-3-2-12-34-25/h2-6,8-10,12-14,16-17,22,31H,7,11,15H2,1H3,(H,28,29)(H,30,32)/t17-,22+/m0/s1. The van der Waals surface area contributed by atoms with Gasteiger partial charge in [-0.1, -0.05) is 36.0 Å². The van der Waals surface area contributed by atoms with E-state index in [-0.39, 0.29) is 17.4 Å². The highest BCUT2D eigenvalue weighted by atomic mass is 32.2. The molecule has 3 N–H and O–H groups in total. The Kier molecular flexibility index (Phi) is 8.57. The number of halogens is 1. The highest BCUT2D eigenvalue weighted by Crippen LogP contribution is 2.31. The average Bonchev–Trinajstić information content (AvgIpc) is 3.56. The minimum Gasteiger partial charge on any atom is -0.489 e. The van der Waals surface area contributed by atoms with Crippen LogP contribution in [0, 0.1) is 5.82 Å². The molecule has 0 bridgehead atoms. The lowest BCUT2D eigenvalue weighted by atomic mass is 10.0. The van der Waals surface area contributed by atoms with E-state index in [1.165, 1.54) is 28.9 Å². The third-order valence-corrected chi connectivity index (χ3v) is 7.46. The van der Waals surface area contributed by atoms with Gasteiger partial charge in [0.15, 0.2) is 0 Å². The SMILES string of the molecule is C[C@H](O)[C@@H](CCc1ccc(F)cc1OCc1ccc(Sc2cccs2)cc1)NC(=O)c1c[nH]cn1. The van der Waals surface area contributed by atoms with Gasteiger partial charge < -0.3 is 20.1 Å². The highest BCUT2D eigenvalue weighted by molar-refractivity contribution is 8.01. The first kappa shape index (κ1) is 25.0. The van der Waals surface area contributed by atoms with Crippen LogP contribution in [-0.2, 0) is 13.0 Å². The smallest absolute Gasteiger partial charge is 0.271 e. The first-order chi connectivity index (χ1) is 17.0. The number of aliphatic hydroxyl groups excluding tert-OH is 1. The second-order valence-corrected chi connectivity index (χ2v) is 10.4. The number of imidazole rings is 1. The molecular weight excluding hydrogens is 485 g/mol. The molecule has 6 nitrogen and oxygen atoms in total. The summed E-state index contributed by atoms with van der Waals surface area (Å²) in [4.78, 5) is 20.2. The van der Waals surface area contributed by atoms with Crippen LogP contribution in [0.2, 0.25) is 0 Å². The Morgan fingerprint density at radius 1 is 1.26 bits per heavy atom. The van der Waals surface area contributed by atoms with Crippen molar-refractivity contribution in [3.63, 3.8) is 0 Å². The molecule has 2 atom stereocenters. The zero-order chi connectivity index (χ0) is 24.6. The van der Waals surface area contributed by atoms with E-state index in [4.69, 9.17) is 4.74 Å². The quantitative estimate of drug-likeness (QED) is 0.249. The number of nitrogens with zero attached hydrogens (tertiary/aromatic N) is 1. The van der Waals surface area contributed by atoms with Crippen molar-refractivity contribution in [3.05, 3.63) is 95.1 Å². The molecule has 9 heteroatoms. The summed E-state index contributed by atoms with van der Waals surface area (Å²) in [5.74, 6) is -0.302. The van der Waals surface area contributed by atoms with Crippen LogP contribution < -0.4 is 10.1 Å². The van der Waals surface area contributed by atoms with Crippen LogP contribution in [0.1, 0.15) is 35.0 Å². The maximum Gasteiger partial charge on any atom is 0.271 e. The number of aromatic nitrogens is 2. The van der Waals surface area contributed by atoms with Gasteiger partial charge in [0, 0.05) is 17.2 Å². The molecule has 0 aliphatic heterocycles. The van der Waals surface area contributed by atoms with Gasteiger partial charge in [0.25, 0.3) is 5.91 Å². The minimum atomic E-state index is -0.770. The van der Waals surface area contributed by atoms with Gasteiger partial charge in [0.2, 0.25) is 0 Å². The monoisotopic (exact) mass is 511 g/mol. The van der Waals surface area contributed by atoms with Crippen molar-refractivity contribution >= 4 is 29.0 Å². The van der Waals surface area contributed by atoms with Crippen molar-refractivity contribution in [2.75, 3.05) is 0 Å². The number of benzene rings is 2. The van der Waals surface area contributed by atoms with Gasteiger partial charge in [-0.25, -0.2) is 9.37 Å². The number of ether oxygens (including phenoxy) is 1. The normalized spacial score (nSPS) is 12.8. The van der Waals surface area contributed by atoms with Gasteiger partial charge in [-0.05, 0) is 60.5 Å². The van der Waals surface area contributed by atoms with Crippen LogP contribution in [0.4, 0.5) is 4.39 Å². The summed E-state index contributed by atoms with van der Waals surface area (Å²) in [6.07, 6.45) is 3.08. The number of carbonyl (C=O) groups is 1. The summed E-state index contributed by atoms with van der Waals surface area (Å²) in [6.45, 7) is 1.92. The number of hydrogen-bond donors (Lipinski definition) is 3. The number of aryl methyl sites for hydroxylation is 1. The van der Waals surface area contributed by atoms with Crippen LogP contribution >= 0.6 is 23.1 Å². The molecule has 0 saturated heterocycles. The van der Waals surface area contributed by atoms with E-state index < -0.39 is 12.1 Å². The number of H-pyrrole nitrogens is 1. The van der Waals surface area contributed by atoms with Gasteiger partial charge in [-0.2, -0.15) is 0 Å². The molecule has 0 radical (unpaired) electrons. The maximum atomic E-state index is 14.0. The molecule has 1 amide bonds. The van der Waals surface area contributed by atoms with Crippen molar-refractivity contribution in [1.29, 1.82) is 0 Å². The van der Waals surface area contributed by atoms with Crippen LogP contribution in [-0.4, -0.2) is 33.1 Å². The molecule has 2 aromatic heterocycles. The molecule has 0 saturated carbocycles. The van der Waals surface area contributed by atoms with Gasteiger partial charge in [0.1, 0.15) is 23.9 Å². The molecule has 2 heterocycles. The Morgan fingerprint density at radius 3 is 2.77 bits per heavy atom. The van der Waals surface area contributed by atoms with E-state index >= 15 is 0 Å². The molecule has 0 spiro atoms. The Bertz CT molecular complexity index is 1210. The summed E-state index contributed by atoms with van der Waals surface area (Å²) in [7, 11) is 0. The van der Waals surface area contributed by atoms with Crippen LogP contribution in [0.15, 0.2) is 81.6 Å². The molecule has 4 aromatic rings. The molecule has 182 valence electrons. The number of rotatable bonds is 11. The second-order valence-electron chi connectivity index (χ2n) is 8.03. The lowest BCUT2D eigenvalue weighted by Gasteiger charge is -2.22. The van der Waals surface area contributed by atoms with E-state index in [1.54, 1.807) is 36.1 Å². The van der Waals surface area contributed by atoms with Crippen molar-refractivity contribution in [2.45, 2.75) is 47.6 Å².